The van der Waals surface area contributed by atoms with Crippen molar-refractivity contribution >= 4 is 35.1 Å². The number of carboxylic acids is 1. The van der Waals surface area contributed by atoms with Crippen molar-refractivity contribution in [3.63, 3.8) is 0 Å². The van der Waals surface area contributed by atoms with E-state index in [9.17, 15) is 14.4 Å². The molecule has 2 N–H and O–H groups in total. The van der Waals surface area contributed by atoms with Gasteiger partial charge >= 0.3 is 5.97 Å². The van der Waals surface area contributed by atoms with Crippen molar-refractivity contribution in [3.8, 4) is 0 Å². The Morgan fingerprint density at radius 3 is 2.44 bits per heavy atom. The predicted molar refractivity (Wildman–Crippen MR) is 109 cm³/mol. The van der Waals surface area contributed by atoms with Gasteiger partial charge in [-0.15, -0.1) is 0 Å². The fourth-order valence-corrected chi connectivity index (χ4v) is 3.76. The predicted octanol–water partition coefficient (Wildman–Crippen LogP) is 4.13. The molecular formula is C21H23NO4S. The van der Waals surface area contributed by atoms with E-state index in [-0.39, 0.29) is 29.6 Å². The third-order valence-electron chi connectivity index (χ3n) is 3.94. The van der Waals surface area contributed by atoms with Crippen LogP contribution >= 0.6 is 11.8 Å². The zero-order valence-corrected chi connectivity index (χ0v) is 16.2. The van der Waals surface area contributed by atoms with E-state index in [1.165, 1.54) is 17.8 Å². The van der Waals surface area contributed by atoms with E-state index in [1.807, 2.05) is 30.3 Å². The highest BCUT2D eigenvalue weighted by Gasteiger charge is 2.17. The van der Waals surface area contributed by atoms with Crippen LogP contribution in [0.5, 0.6) is 0 Å². The number of hydrogen-bond donors (Lipinski definition) is 2. The van der Waals surface area contributed by atoms with Crippen molar-refractivity contribution in [2.24, 2.45) is 0 Å². The molecule has 1 atom stereocenters. The van der Waals surface area contributed by atoms with Gasteiger partial charge in [0.05, 0.1) is 11.3 Å². The van der Waals surface area contributed by atoms with Crippen LogP contribution in [0.3, 0.4) is 0 Å². The molecule has 0 aromatic heterocycles. The second-order valence-corrected chi connectivity index (χ2v) is 7.50. The number of hydrogen-bond acceptors (Lipinski definition) is 4. The number of thioether (sulfide) groups is 1. The lowest BCUT2D eigenvalue weighted by Crippen LogP contribution is -2.18. The van der Waals surface area contributed by atoms with Gasteiger partial charge in [0.25, 0.3) is 0 Å². The van der Waals surface area contributed by atoms with Crippen molar-refractivity contribution in [1.82, 2.24) is 0 Å². The molecule has 0 radical (unpaired) electrons. The molecule has 5 nitrogen and oxygen atoms in total. The lowest BCUT2D eigenvalue weighted by atomic mass is 9.97. The van der Waals surface area contributed by atoms with Gasteiger partial charge in [0.2, 0.25) is 5.91 Å². The molecule has 0 aliphatic rings. The quantitative estimate of drug-likeness (QED) is 0.678. The van der Waals surface area contributed by atoms with Crippen LogP contribution in [0.1, 0.15) is 40.7 Å². The van der Waals surface area contributed by atoms with Gasteiger partial charge in [0.15, 0.2) is 0 Å². The van der Waals surface area contributed by atoms with Gasteiger partial charge in [-0.1, -0.05) is 30.3 Å². The van der Waals surface area contributed by atoms with Crippen molar-refractivity contribution in [1.29, 1.82) is 0 Å². The van der Waals surface area contributed by atoms with Gasteiger partial charge in [-0.2, -0.15) is 11.8 Å². The van der Waals surface area contributed by atoms with Crippen LogP contribution < -0.4 is 5.32 Å². The van der Waals surface area contributed by atoms with Crippen molar-refractivity contribution in [2.45, 2.75) is 26.2 Å². The Morgan fingerprint density at radius 2 is 1.81 bits per heavy atom. The molecule has 2 aromatic rings. The number of benzene rings is 2. The molecule has 27 heavy (non-hydrogen) atoms. The number of Topliss-reactive ketones (excluding diaryl/α,β-unsaturated/α-hetero) is 1. The summed E-state index contributed by atoms with van der Waals surface area (Å²) in [5.74, 6) is -0.0570. The van der Waals surface area contributed by atoms with Gasteiger partial charge in [0.1, 0.15) is 5.78 Å². The number of carboxylic acid groups (broad SMARTS) is 1. The number of rotatable bonds is 9. The summed E-state index contributed by atoms with van der Waals surface area (Å²) in [6.07, 6.45) is 0.255. The highest BCUT2D eigenvalue weighted by Crippen LogP contribution is 2.25. The molecule has 0 spiro atoms. The number of carbonyl (C=O) groups is 3. The minimum atomic E-state index is -1.03. The highest BCUT2D eigenvalue weighted by atomic mass is 32.2. The van der Waals surface area contributed by atoms with Crippen LogP contribution in [0.15, 0.2) is 48.5 Å². The summed E-state index contributed by atoms with van der Waals surface area (Å²) in [5, 5.41) is 12.0. The molecule has 0 aliphatic carbocycles. The first-order valence-electron chi connectivity index (χ1n) is 8.62. The monoisotopic (exact) mass is 385 g/mol. The summed E-state index contributed by atoms with van der Waals surface area (Å²) in [7, 11) is 0. The van der Waals surface area contributed by atoms with E-state index >= 15 is 0 Å². The Labute approximate surface area is 163 Å². The fraction of sp³-hybridized carbons (Fsp3) is 0.286. The average molecular weight is 385 g/mol. The van der Waals surface area contributed by atoms with Crippen LogP contribution in [0, 0.1) is 6.92 Å². The maximum absolute atomic E-state index is 12.6. The van der Waals surface area contributed by atoms with Crippen LogP contribution in [-0.2, 0) is 9.59 Å². The number of anilines is 1. The first-order valence-corrected chi connectivity index (χ1v) is 9.77. The van der Waals surface area contributed by atoms with E-state index in [2.05, 4.69) is 5.32 Å². The Morgan fingerprint density at radius 1 is 1.11 bits per heavy atom. The third kappa shape index (κ3) is 6.90. The van der Waals surface area contributed by atoms with Gasteiger partial charge in [-0.3, -0.25) is 9.59 Å². The molecule has 6 heteroatoms. The molecule has 1 unspecified atom stereocenters. The zero-order valence-electron chi connectivity index (χ0n) is 15.4. The van der Waals surface area contributed by atoms with Crippen LogP contribution in [0.2, 0.25) is 0 Å². The second-order valence-electron chi connectivity index (χ2n) is 6.47. The Balaban J connectivity index is 2.09. The van der Waals surface area contributed by atoms with Crippen molar-refractivity contribution < 1.29 is 19.5 Å². The Kier molecular flexibility index (Phi) is 7.61. The van der Waals surface area contributed by atoms with Crippen LogP contribution in [-0.4, -0.2) is 34.3 Å². The number of aromatic carboxylic acids is 1. The lowest BCUT2D eigenvalue weighted by molar-refractivity contribution is -0.116. The summed E-state index contributed by atoms with van der Waals surface area (Å²) in [5.41, 5.74) is 2.42. The number of aryl methyl sites for hydroxylation is 1. The minimum Gasteiger partial charge on any atom is -0.478 e. The fourth-order valence-electron chi connectivity index (χ4n) is 2.76. The van der Waals surface area contributed by atoms with Crippen LogP contribution in [0.4, 0.5) is 5.69 Å². The molecule has 0 aliphatic heterocycles. The van der Waals surface area contributed by atoms with E-state index in [0.29, 0.717) is 17.2 Å². The molecule has 0 bridgehead atoms. The third-order valence-corrected chi connectivity index (χ3v) is 5.18. The van der Waals surface area contributed by atoms with E-state index in [1.54, 1.807) is 26.0 Å². The lowest BCUT2D eigenvalue weighted by Gasteiger charge is -2.17. The normalized spacial score (nSPS) is 11.6. The molecular weight excluding hydrogens is 362 g/mol. The summed E-state index contributed by atoms with van der Waals surface area (Å²) in [6.45, 7) is 3.34. The van der Waals surface area contributed by atoms with Gasteiger partial charge in [-0.25, -0.2) is 4.79 Å². The number of carbonyl (C=O) groups excluding carboxylic acids is 2. The van der Waals surface area contributed by atoms with Gasteiger partial charge < -0.3 is 10.4 Å². The molecule has 142 valence electrons. The second kappa shape index (κ2) is 9.92. The number of ketones is 1. The Bertz CT molecular complexity index is 820. The number of nitrogens with one attached hydrogen (secondary N) is 1. The maximum Gasteiger partial charge on any atom is 0.335 e. The van der Waals surface area contributed by atoms with Gasteiger partial charge in [-0.05, 0) is 43.2 Å². The number of amides is 1. The summed E-state index contributed by atoms with van der Waals surface area (Å²) in [4.78, 5) is 34.9. The highest BCUT2D eigenvalue weighted by molar-refractivity contribution is 7.99. The standard InChI is InChI=1S/C21H23NO4S/c1-14-8-17(21(25)26)10-19(9-14)22-20(24)11-18(13-27-12-15(2)23)16-6-4-3-5-7-16/h3-10,18H,11-13H2,1-2H3,(H,22,24)(H,25,26). The van der Waals surface area contributed by atoms with E-state index in [0.717, 1.165) is 11.1 Å². The molecule has 0 fully saturated rings. The summed E-state index contributed by atoms with van der Waals surface area (Å²) >= 11 is 1.51. The Hall–Kier alpha value is -2.60. The zero-order chi connectivity index (χ0) is 19.8. The van der Waals surface area contributed by atoms with E-state index < -0.39 is 5.97 Å². The van der Waals surface area contributed by atoms with Crippen molar-refractivity contribution in [3.05, 3.63) is 65.2 Å². The molecule has 0 saturated carbocycles. The molecule has 1 amide bonds. The van der Waals surface area contributed by atoms with Crippen molar-refractivity contribution in [2.75, 3.05) is 16.8 Å². The summed E-state index contributed by atoms with van der Waals surface area (Å²) < 4.78 is 0. The largest absolute Gasteiger partial charge is 0.478 e. The molecule has 2 rings (SSSR count). The first-order chi connectivity index (χ1) is 12.8. The van der Waals surface area contributed by atoms with Gasteiger partial charge in [0, 0.05) is 23.8 Å². The first kappa shape index (κ1) is 20.7. The summed E-state index contributed by atoms with van der Waals surface area (Å²) in [6, 6.07) is 14.5. The van der Waals surface area contributed by atoms with Crippen LogP contribution in [0.25, 0.3) is 0 Å². The molecule has 0 heterocycles. The minimum absolute atomic E-state index is 0.0284. The SMILES string of the molecule is CC(=O)CSCC(CC(=O)Nc1cc(C)cc(C(=O)O)c1)c1ccccc1. The smallest absolute Gasteiger partial charge is 0.335 e. The average Bonchev–Trinajstić information content (AvgIpc) is 2.60. The van der Waals surface area contributed by atoms with E-state index in [4.69, 9.17) is 5.11 Å². The molecule has 0 saturated heterocycles. The topological polar surface area (TPSA) is 83.5 Å². The maximum atomic E-state index is 12.6. The molecule has 2 aromatic carbocycles.